The molecule has 4 rings (SSSR count). The van der Waals surface area contributed by atoms with E-state index in [0.29, 0.717) is 18.4 Å². The number of halogens is 1. The van der Waals surface area contributed by atoms with Gasteiger partial charge in [0.05, 0.1) is 5.69 Å². The maximum atomic E-state index is 14.1. The lowest BCUT2D eigenvalue weighted by Crippen LogP contribution is -2.33. The van der Waals surface area contributed by atoms with Gasteiger partial charge < -0.3 is 0 Å². The van der Waals surface area contributed by atoms with Crippen molar-refractivity contribution in [3.05, 3.63) is 59.2 Å². The van der Waals surface area contributed by atoms with E-state index in [1.807, 2.05) is 18.2 Å². The number of anilines is 1. The molecule has 2 aromatic heterocycles. The molecular formula is C20H19FN4O3S2. The number of hydrogen-bond donors (Lipinski definition) is 1. The Bertz CT molecular complexity index is 1260. The molecule has 0 fully saturated rings. The Morgan fingerprint density at radius 3 is 2.67 bits per heavy atom. The predicted octanol–water partition coefficient (Wildman–Crippen LogP) is 2.68. The molecule has 1 aliphatic carbocycles. The van der Waals surface area contributed by atoms with E-state index < -0.39 is 15.8 Å². The number of aromatic nitrogens is 2. The summed E-state index contributed by atoms with van der Waals surface area (Å²) in [5.74, 6) is -0.866. The molecule has 0 saturated carbocycles. The fraction of sp³-hybridized carbons (Fsp3) is 0.250. The van der Waals surface area contributed by atoms with E-state index in [9.17, 15) is 17.6 Å². The highest BCUT2D eigenvalue weighted by molar-refractivity contribution is 7.91. The number of primary sulfonamides is 1. The van der Waals surface area contributed by atoms with Gasteiger partial charge in [-0.15, -0.1) is 0 Å². The van der Waals surface area contributed by atoms with Crippen molar-refractivity contribution in [3.8, 4) is 11.3 Å². The maximum absolute atomic E-state index is 14.1. The van der Waals surface area contributed by atoms with Crippen LogP contribution >= 0.6 is 11.3 Å². The summed E-state index contributed by atoms with van der Waals surface area (Å²) in [4.78, 5) is 22.7. The summed E-state index contributed by atoms with van der Waals surface area (Å²) in [6.07, 6.45) is 2.60. The number of hydrogen-bond acceptors (Lipinski definition) is 6. The summed E-state index contributed by atoms with van der Waals surface area (Å²) in [5.41, 5.74) is 3.23. The molecule has 30 heavy (non-hydrogen) atoms. The molecule has 1 amide bonds. The van der Waals surface area contributed by atoms with Gasteiger partial charge in [-0.05, 0) is 49.1 Å². The van der Waals surface area contributed by atoms with E-state index in [0.717, 1.165) is 22.5 Å². The van der Waals surface area contributed by atoms with E-state index in [1.165, 1.54) is 11.0 Å². The van der Waals surface area contributed by atoms with Gasteiger partial charge in [0.15, 0.2) is 9.34 Å². The van der Waals surface area contributed by atoms with Crippen LogP contribution in [0.25, 0.3) is 11.3 Å². The molecule has 0 spiro atoms. The Kier molecular flexibility index (Phi) is 5.16. The molecular weight excluding hydrogens is 427 g/mol. The molecule has 1 aliphatic rings. The standard InChI is InChI=1S/C20H19FN4O3S2/c1-11-19(30(22,27)28)29-20(24-11)25(2)18(26)15-8-12-5-6-13(9-14(12)10-15)17-16(21)4-3-7-23-17/h3-7,9,15H,8,10H2,1-2H3,(H2,22,27,28)/t15-/m0/s1. The first-order valence-electron chi connectivity index (χ1n) is 9.15. The molecule has 2 N–H and O–H groups in total. The molecule has 0 aliphatic heterocycles. The SMILES string of the molecule is Cc1nc(N(C)C(=O)[C@H]2Cc3ccc(-c4ncccc4F)cc3C2)sc1S(N)(=O)=O. The second-order valence-corrected chi connectivity index (χ2v) is 9.97. The first-order chi connectivity index (χ1) is 14.1. The Morgan fingerprint density at radius 2 is 2.00 bits per heavy atom. The third-order valence-corrected chi connectivity index (χ3v) is 7.93. The average molecular weight is 447 g/mol. The number of carbonyl (C=O) groups excluding carboxylic acids is 1. The first-order valence-corrected chi connectivity index (χ1v) is 11.5. The Labute approximate surface area is 177 Å². The van der Waals surface area contributed by atoms with Crippen LogP contribution in [0.15, 0.2) is 40.7 Å². The molecule has 3 aromatic rings. The Morgan fingerprint density at radius 1 is 1.27 bits per heavy atom. The number of amides is 1. The van der Waals surface area contributed by atoms with Crippen LogP contribution in [0.3, 0.4) is 0 Å². The number of nitrogens with two attached hydrogens (primary N) is 1. The molecule has 0 unspecified atom stereocenters. The summed E-state index contributed by atoms with van der Waals surface area (Å²) >= 11 is 0.878. The number of pyridine rings is 1. The van der Waals surface area contributed by atoms with Crippen LogP contribution in [0.5, 0.6) is 0 Å². The summed E-state index contributed by atoms with van der Waals surface area (Å²) in [6, 6.07) is 8.49. The molecule has 0 saturated heterocycles. The van der Waals surface area contributed by atoms with Crippen LogP contribution in [0.2, 0.25) is 0 Å². The van der Waals surface area contributed by atoms with Crippen molar-refractivity contribution < 1.29 is 17.6 Å². The zero-order chi connectivity index (χ0) is 21.6. The number of nitrogens with zero attached hydrogens (tertiary/aromatic N) is 3. The molecule has 7 nitrogen and oxygen atoms in total. The highest BCUT2D eigenvalue weighted by Gasteiger charge is 2.32. The van der Waals surface area contributed by atoms with Gasteiger partial charge in [0.1, 0.15) is 11.5 Å². The fourth-order valence-electron chi connectivity index (χ4n) is 3.68. The lowest BCUT2D eigenvalue weighted by Gasteiger charge is -2.18. The normalized spacial score (nSPS) is 15.8. The second-order valence-electron chi connectivity index (χ2n) is 7.23. The third kappa shape index (κ3) is 3.73. The summed E-state index contributed by atoms with van der Waals surface area (Å²) in [7, 11) is -2.31. The minimum absolute atomic E-state index is 0.0473. The van der Waals surface area contributed by atoms with Crippen LogP contribution in [0, 0.1) is 18.7 Å². The fourth-order valence-corrected chi connectivity index (χ4v) is 5.60. The zero-order valence-corrected chi connectivity index (χ0v) is 17.9. The molecule has 0 bridgehead atoms. The maximum Gasteiger partial charge on any atom is 0.249 e. The van der Waals surface area contributed by atoms with Gasteiger partial charge in [-0.3, -0.25) is 14.7 Å². The van der Waals surface area contributed by atoms with Crippen molar-refractivity contribution >= 4 is 32.4 Å². The van der Waals surface area contributed by atoms with Gasteiger partial charge in [0.2, 0.25) is 15.9 Å². The number of aryl methyl sites for hydroxylation is 1. The van der Waals surface area contributed by atoms with E-state index in [-0.39, 0.29) is 32.6 Å². The van der Waals surface area contributed by atoms with Gasteiger partial charge in [0.25, 0.3) is 0 Å². The number of fused-ring (bicyclic) bond motifs is 1. The van der Waals surface area contributed by atoms with Gasteiger partial charge in [-0.25, -0.2) is 22.9 Å². The molecule has 1 atom stereocenters. The number of benzene rings is 1. The van der Waals surface area contributed by atoms with Gasteiger partial charge in [0, 0.05) is 24.7 Å². The second kappa shape index (κ2) is 7.53. The van der Waals surface area contributed by atoms with Crippen molar-refractivity contribution in [2.45, 2.75) is 24.0 Å². The molecule has 2 heterocycles. The van der Waals surface area contributed by atoms with Gasteiger partial charge in [-0.2, -0.15) is 0 Å². The largest absolute Gasteiger partial charge is 0.291 e. The van der Waals surface area contributed by atoms with Crippen LogP contribution < -0.4 is 10.0 Å². The van der Waals surface area contributed by atoms with Crippen molar-refractivity contribution in [2.75, 3.05) is 11.9 Å². The lowest BCUT2D eigenvalue weighted by molar-refractivity contribution is -0.121. The van der Waals surface area contributed by atoms with Crippen LogP contribution in [-0.4, -0.2) is 31.3 Å². The number of rotatable bonds is 4. The monoisotopic (exact) mass is 446 g/mol. The van der Waals surface area contributed by atoms with E-state index >= 15 is 0 Å². The lowest BCUT2D eigenvalue weighted by atomic mass is 10.0. The molecule has 1 aromatic carbocycles. The molecule has 10 heteroatoms. The minimum Gasteiger partial charge on any atom is -0.291 e. The quantitative estimate of drug-likeness (QED) is 0.663. The zero-order valence-electron chi connectivity index (χ0n) is 16.3. The Balaban J connectivity index is 1.55. The van der Waals surface area contributed by atoms with Crippen LogP contribution in [0.4, 0.5) is 9.52 Å². The Hall–Kier alpha value is -2.69. The van der Waals surface area contributed by atoms with E-state index in [1.54, 1.807) is 26.2 Å². The molecule has 156 valence electrons. The summed E-state index contributed by atoms with van der Waals surface area (Å²) < 4.78 is 37.3. The third-order valence-electron chi connectivity index (χ3n) is 5.14. The summed E-state index contributed by atoms with van der Waals surface area (Å²) in [5, 5.41) is 5.49. The average Bonchev–Trinajstić information content (AvgIpc) is 3.30. The van der Waals surface area contributed by atoms with Crippen molar-refractivity contribution in [3.63, 3.8) is 0 Å². The molecule has 0 radical (unpaired) electrons. The number of thiazole rings is 1. The smallest absolute Gasteiger partial charge is 0.249 e. The number of carbonyl (C=O) groups is 1. The topological polar surface area (TPSA) is 106 Å². The van der Waals surface area contributed by atoms with E-state index in [2.05, 4.69) is 9.97 Å². The van der Waals surface area contributed by atoms with Crippen LogP contribution in [-0.2, 0) is 27.7 Å². The minimum atomic E-state index is -3.89. The number of sulfonamides is 1. The van der Waals surface area contributed by atoms with Gasteiger partial charge in [-0.1, -0.05) is 23.5 Å². The van der Waals surface area contributed by atoms with Gasteiger partial charge >= 0.3 is 0 Å². The van der Waals surface area contributed by atoms with Crippen LogP contribution in [0.1, 0.15) is 16.8 Å². The van der Waals surface area contributed by atoms with Crippen molar-refractivity contribution in [1.82, 2.24) is 9.97 Å². The summed E-state index contributed by atoms with van der Waals surface area (Å²) in [6.45, 7) is 1.54. The first kappa shape index (κ1) is 20.6. The highest BCUT2D eigenvalue weighted by atomic mass is 32.2. The van der Waals surface area contributed by atoms with Crippen molar-refractivity contribution in [1.29, 1.82) is 0 Å². The predicted molar refractivity (Wildman–Crippen MR) is 112 cm³/mol. The highest BCUT2D eigenvalue weighted by Crippen LogP contribution is 2.34. The van der Waals surface area contributed by atoms with Crippen molar-refractivity contribution in [2.24, 2.45) is 11.1 Å². The van der Waals surface area contributed by atoms with E-state index in [4.69, 9.17) is 5.14 Å².